The molecular weight excluding hydrogens is 432 g/mol. The molecule has 0 spiro atoms. The van der Waals surface area contributed by atoms with Gasteiger partial charge in [0.1, 0.15) is 11.5 Å². The minimum atomic E-state index is -0.146. The van der Waals surface area contributed by atoms with Crippen LogP contribution < -0.4 is 9.47 Å². The van der Waals surface area contributed by atoms with Gasteiger partial charge in [-0.05, 0) is 49.1 Å². The number of rotatable bonds is 8. The Hall–Kier alpha value is -3.48. The molecule has 1 aliphatic rings. The summed E-state index contributed by atoms with van der Waals surface area (Å²) < 4.78 is 18.1. The van der Waals surface area contributed by atoms with Gasteiger partial charge in [0.05, 0.1) is 33.2 Å². The van der Waals surface area contributed by atoms with Gasteiger partial charge in [-0.3, -0.25) is 9.59 Å². The monoisotopic (exact) mass is 464 g/mol. The first kappa shape index (κ1) is 23.7. The number of hydrogen-bond donors (Lipinski definition) is 0. The fraction of sp³-hybridized carbons (Fsp3) is 0.407. The average molecular weight is 465 g/mol. The highest BCUT2D eigenvalue weighted by molar-refractivity contribution is 5.89. The molecule has 0 N–H and O–H groups in total. The number of para-hydroxylation sites is 1. The Balaban J connectivity index is 1.50. The van der Waals surface area contributed by atoms with Gasteiger partial charge in [-0.25, -0.2) is 0 Å². The van der Waals surface area contributed by atoms with Crippen molar-refractivity contribution in [3.05, 3.63) is 59.8 Å². The van der Waals surface area contributed by atoms with Crippen LogP contribution in [0.25, 0.3) is 10.9 Å². The number of methoxy groups -OCH3 is 2. The van der Waals surface area contributed by atoms with Crippen molar-refractivity contribution in [3.8, 4) is 11.5 Å². The predicted octanol–water partition coefficient (Wildman–Crippen LogP) is 4.05. The quantitative estimate of drug-likeness (QED) is 0.471. The third-order valence-electron chi connectivity index (χ3n) is 6.44. The van der Waals surface area contributed by atoms with E-state index in [4.69, 9.17) is 14.2 Å². The lowest BCUT2D eigenvalue weighted by Gasteiger charge is -2.31. The van der Waals surface area contributed by atoms with Crippen molar-refractivity contribution < 1.29 is 23.8 Å². The minimum absolute atomic E-state index is 0.0910. The molecular formula is C27H32N2O5. The number of fused-ring (bicyclic) bond motifs is 1. The van der Waals surface area contributed by atoms with E-state index in [1.54, 1.807) is 14.2 Å². The number of ether oxygens (including phenoxy) is 3. The number of carbonyl (C=O) groups excluding carboxylic acids is 2. The van der Waals surface area contributed by atoms with Gasteiger partial charge in [0.25, 0.3) is 0 Å². The van der Waals surface area contributed by atoms with E-state index >= 15 is 0 Å². The van der Waals surface area contributed by atoms with Gasteiger partial charge < -0.3 is 23.7 Å². The van der Waals surface area contributed by atoms with E-state index < -0.39 is 0 Å². The summed E-state index contributed by atoms with van der Waals surface area (Å²) in [4.78, 5) is 27.0. The number of hydrogen-bond acceptors (Lipinski definition) is 5. The van der Waals surface area contributed by atoms with Crippen LogP contribution in [0, 0.1) is 5.92 Å². The van der Waals surface area contributed by atoms with E-state index in [0.717, 1.165) is 33.5 Å². The first-order valence-corrected chi connectivity index (χ1v) is 11.8. The number of benzene rings is 2. The second-order valence-corrected chi connectivity index (χ2v) is 8.60. The topological polar surface area (TPSA) is 70.0 Å². The van der Waals surface area contributed by atoms with Crippen LogP contribution in [0.2, 0.25) is 0 Å². The van der Waals surface area contributed by atoms with Crippen molar-refractivity contribution in [1.29, 1.82) is 0 Å². The van der Waals surface area contributed by atoms with Crippen LogP contribution in [0.3, 0.4) is 0 Å². The summed E-state index contributed by atoms with van der Waals surface area (Å²) >= 11 is 0. The molecule has 0 aliphatic carbocycles. The Morgan fingerprint density at radius 2 is 1.68 bits per heavy atom. The van der Waals surface area contributed by atoms with Crippen LogP contribution in [-0.2, 0) is 27.3 Å². The molecule has 2 heterocycles. The molecule has 2 aromatic carbocycles. The Kier molecular flexibility index (Phi) is 7.40. The van der Waals surface area contributed by atoms with Gasteiger partial charge in [-0.15, -0.1) is 0 Å². The van der Waals surface area contributed by atoms with E-state index in [0.29, 0.717) is 45.5 Å². The van der Waals surface area contributed by atoms with Crippen molar-refractivity contribution in [2.24, 2.45) is 5.92 Å². The number of amides is 1. The second kappa shape index (κ2) is 10.6. The lowest BCUT2D eigenvalue weighted by molar-refractivity contribution is -0.151. The van der Waals surface area contributed by atoms with Crippen molar-refractivity contribution in [3.63, 3.8) is 0 Å². The summed E-state index contributed by atoms with van der Waals surface area (Å²) in [5, 5.41) is 1.08. The van der Waals surface area contributed by atoms with E-state index in [9.17, 15) is 9.59 Å². The summed E-state index contributed by atoms with van der Waals surface area (Å²) in [7, 11) is 3.28. The average Bonchev–Trinajstić information content (AvgIpc) is 3.20. The van der Waals surface area contributed by atoms with Gasteiger partial charge in [-0.2, -0.15) is 0 Å². The standard InChI is InChI=1S/C27H32N2O5/c1-4-34-27(31)20-9-11-28(12-10-20)26(30)15-21-18-29(25-8-6-5-7-24(21)25)17-19-13-22(32-2)16-23(14-19)33-3/h5-8,13-14,16,18,20H,4,9-12,15,17H2,1-3H3. The van der Waals surface area contributed by atoms with Crippen LogP contribution in [0.4, 0.5) is 0 Å². The summed E-state index contributed by atoms with van der Waals surface area (Å²) in [6.07, 6.45) is 3.72. The smallest absolute Gasteiger partial charge is 0.309 e. The van der Waals surface area contributed by atoms with E-state index in [-0.39, 0.29) is 17.8 Å². The molecule has 1 fully saturated rings. The fourth-order valence-corrected chi connectivity index (χ4v) is 4.65. The van der Waals surface area contributed by atoms with Crippen molar-refractivity contribution in [2.75, 3.05) is 33.9 Å². The summed E-state index contributed by atoms with van der Waals surface area (Å²) in [6, 6.07) is 14.0. The van der Waals surface area contributed by atoms with Crippen LogP contribution in [0.15, 0.2) is 48.7 Å². The van der Waals surface area contributed by atoms with E-state index in [1.807, 2.05) is 42.2 Å². The first-order chi connectivity index (χ1) is 16.5. The van der Waals surface area contributed by atoms with Crippen molar-refractivity contribution in [2.45, 2.75) is 32.7 Å². The van der Waals surface area contributed by atoms with Gasteiger partial charge in [-0.1, -0.05) is 18.2 Å². The van der Waals surface area contributed by atoms with Gasteiger partial charge in [0.15, 0.2) is 0 Å². The normalized spacial score (nSPS) is 14.3. The maximum atomic E-state index is 13.1. The maximum Gasteiger partial charge on any atom is 0.309 e. The molecule has 1 amide bonds. The molecule has 7 heteroatoms. The van der Waals surface area contributed by atoms with Crippen molar-refractivity contribution >= 4 is 22.8 Å². The number of aromatic nitrogens is 1. The van der Waals surface area contributed by atoms with Crippen LogP contribution in [0.5, 0.6) is 11.5 Å². The Labute approximate surface area is 200 Å². The third kappa shape index (κ3) is 5.19. The van der Waals surface area contributed by atoms with Crippen LogP contribution in [0.1, 0.15) is 30.9 Å². The first-order valence-electron chi connectivity index (χ1n) is 11.8. The summed E-state index contributed by atoms with van der Waals surface area (Å²) in [6.45, 7) is 4.02. The van der Waals surface area contributed by atoms with Crippen molar-refractivity contribution in [1.82, 2.24) is 9.47 Å². The summed E-state index contributed by atoms with van der Waals surface area (Å²) in [5.41, 5.74) is 3.13. The highest BCUT2D eigenvalue weighted by Gasteiger charge is 2.28. The molecule has 1 aliphatic heterocycles. The van der Waals surface area contributed by atoms with Gasteiger partial charge >= 0.3 is 5.97 Å². The van der Waals surface area contributed by atoms with Gasteiger partial charge in [0, 0.05) is 42.8 Å². The van der Waals surface area contributed by atoms with Crippen LogP contribution >= 0.6 is 0 Å². The number of esters is 1. The Morgan fingerprint density at radius 1 is 1.00 bits per heavy atom. The fourth-order valence-electron chi connectivity index (χ4n) is 4.65. The molecule has 7 nitrogen and oxygen atoms in total. The van der Waals surface area contributed by atoms with E-state index in [1.165, 1.54) is 0 Å². The molecule has 0 atom stereocenters. The molecule has 0 saturated carbocycles. The molecule has 1 aromatic heterocycles. The molecule has 34 heavy (non-hydrogen) atoms. The number of piperidine rings is 1. The van der Waals surface area contributed by atoms with Crippen LogP contribution in [-0.4, -0.2) is 55.3 Å². The van der Waals surface area contributed by atoms with Gasteiger partial charge in [0.2, 0.25) is 5.91 Å². The maximum absolute atomic E-state index is 13.1. The zero-order valence-corrected chi connectivity index (χ0v) is 20.1. The zero-order chi connectivity index (χ0) is 24.1. The summed E-state index contributed by atoms with van der Waals surface area (Å²) in [5.74, 6) is 1.32. The molecule has 0 radical (unpaired) electrons. The third-order valence-corrected chi connectivity index (χ3v) is 6.44. The number of likely N-dealkylation sites (tertiary alicyclic amines) is 1. The molecule has 4 rings (SSSR count). The minimum Gasteiger partial charge on any atom is -0.497 e. The predicted molar refractivity (Wildman–Crippen MR) is 130 cm³/mol. The molecule has 0 unspecified atom stereocenters. The lowest BCUT2D eigenvalue weighted by Crippen LogP contribution is -2.41. The largest absolute Gasteiger partial charge is 0.497 e. The SMILES string of the molecule is CCOC(=O)C1CCN(C(=O)Cc2cn(Cc3cc(OC)cc(OC)c3)c3ccccc23)CC1. The molecule has 3 aromatic rings. The number of nitrogens with zero attached hydrogens (tertiary/aromatic N) is 2. The second-order valence-electron chi connectivity index (χ2n) is 8.60. The lowest BCUT2D eigenvalue weighted by atomic mass is 9.96. The molecule has 180 valence electrons. The number of carbonyl (C=O) groups is 2. The Bertz CT molecular complexity index is 1140. The molecule has 0 bridgehead atoms. The zero-order valence-electron chi connectivity index (χ0n) is 20.1. The Morgan fingerprint density at radius 3 is 2.32 bits per heavy atom. The highest BCUT2D eigenvalue weighted by atomic mass is 16.5. The van der Waals surface area contributed by atoms with E-state index in [2.05, 4.69) is 22.9 Å². The molecule has 1 saturated heterocycles. The highest BCUT2D eigenvalue weighted by Crippen LogP contribution is 2.27.